The van der Waals surface area contributed by atoms with Crippen LogP contribution in [0.5, 0.6) is 0 Å². The highest BCUT2D eigenvalue weighted by atomic mass is 127. The summed E-state index contributed by atoms with van der Waals surface area (Å²) >= 11 is 5.80. The number of ether oxygens (including phenoxy) is 2. The van der Waals surface area contributed by atoms with Gasteiger partial charge in [-0.1, -0.05) is 17.7 Å². The number of pyridine rings is 1. The van der Waals surface area contributed by atoms with E-state index in [9.17, 15) is 0 Å². The molecule has 1 aromatic rings. The molecule has 0 spiro atoms. The highest BCUT2D eigenvalue weighted by Gasteiger charge is 2.15. The summed E-state index contributed by atoms with van der Waals surface area (Å²) in [5.74, 6) is 1.42. The lowest BCUT2D eigenvalue weighted by Gasteiger charge is -2.11. The van der Waals surface area contributed by atoms with E-state index in [1.54, 1.807) is 6.20 Å². The van der Waals surface area contributed by atoms with E-state index in [1.165, 1.54) is 0 Å². The van der Waals surface area contributed by atoms with Gasteiger partial charge >= 0.3 is 0 Å². The molecule has 0 amide bonds. The summed E-state index contributed by atoms with van der Waals surface area (Å²) in [6, 6.07) is 3.81. The summed E-state index contributed by atoms with van der Waals surface area (Å²) < 4.78 is 11.0. The van der Waals surface area contributed by atoms with Gasteiger partial charge < -0.3 is 20.1 Å². The van der Waals surface area contributed by atoms with E-state index in [0.717, 1.165) is 76.8 Å². The molecule has 1 saturated heterocycles. The minimum atomic E-state index is 0. The topological polar surface area (TPSA) is 67.8 Å². The second-order valence-corrected chi connectivity index (χ2v) is 6.47. The summed E-state index contributed by atoms with van der Waals surface area (Å²) in [6.07, 6.45) is 4.73. The van der Waals surface area contributed by atoms with E-state index < -0.39 is 0 Å². The lowest BCUT2D eigenvalue weighted by molar-refractivity contribution is 0.0893. The number of rotatable bonds is 10. The standard InChI is InChI=1S/C18H29ClN4O2.HI/c1-2-20-18(22-9-6-15-4-5-17(19)23-12-15)21-8-3-10-24-13-16-7-11-25-14-16;/h4-5,12,16H,2-3,6-11,13-14H2,1H3,(H2,20,21,22);1H. The molecule has 1 aromatic heterocycles. The summed E-state index contributed by atoms with van der Waals surface area (Å²) in [6.45, 7) is 7.72. The van der Waals surface area contributed by atoms with Crippen LogP contribution in [0.1, 0.15) is 25.3 Å². The van der Waals surface area contributed by atoms with Crippen molar-refractivity contribution in [3.05, 3.63) is 29.0 Å². The molecular formula is C18H30ClIN4O2. The maximum absolute atomic E-state index is 5.80. The fourth-order valence-corrected chi connectivity index (χ4v) is 2.66. The van der Waals surface area contributed by atoms with Crippen molar-refractivity contribution in [1.82, 2.24) is 15.6 Å². The zero-order valence-electron chi connectivity index (χ0n) is 15.4. The van der Waals surface area contributed by atoms with Crippen molar-refractivity contribution < 1.29 is 9.47 Å². The molecule has 1 aliphatic rings. The summed E-state index contributed by atoms with van der Waals surface area (Å²) in [5, 5.41) is 7.12. The molecule has 148 valence electrons. The number of hydrogen-bond acceptors (Lipinski definition) is 4. The number of halogens is 2. The average molecular weight is 497 g/mol. The number of hydrogen-bond donors (Lipinski definition) is 2. The lowest BCUT2D eigenvalue weighted by atomic mass is 10.1. The molecule has 1 aliphatic heterocycles. The van der Waals surface area contributed by atoms with E-state index in [0.29, 0.717) is 11.1 Å². The Labute approximate surface area is 178 Å². The Balaban J connectivity index is 0.00000338. The smallest absolute Gasteiger partial charge is 0.191 e. The fraction of sp³-hybridized carbons (Fsp3) is 0.667. The summed E-state index contributed by atoms with van der Waals surface area (Å²) in [4.78, 5) is 8.67. The van der Waals surface area contributed by atoms with E-state index in [2.05, 4.69) is 27.5 Å². The molecule has 26 heavy (non-hydrogen) atoms. The van der Waals surface area contributed by atoms with Gasteiger partial charge in [0, 0.05) is 45.0 Å². The molecule has 0 bridgehead atoms. The second-order valence-electron chi connectivity index (χ2n) is 6.08. The van der Waals surface area contributed by atoms with Gasteiger partial charge in [-0.3, -0.25) is 4.99 Å². The Kier molecular flexibility index (Phi) is 13.0. The van der Waals surface area contributed by atoms with Crippen molar-refractivity contribution in [3.63, 3.8) is 0 Å². The second kappa shape index (κ2) is 14.4. The predicted molar refractivity (Wildman–Crippen MR) is 117 cm³/mol. The number of aliphatic imine (C=N–C) groups is 1. The van der Waals surface area contributed by atoms with Crippen molar-refractivity contribution in [3.8, 4) is 0 Å². The normalized spacial score (nSPS) is 17.0. The number of nitrogens with one attached hydrogen (secondary N) is 2. The number of nitrogens with zero attached hydrogens (tertiary/aromatic N) is 2. The largest absolute Gasteiger partial charge is 0.381 e. The van der Waals surface area contributed by atoms with Crippen molar-refractivity contribution in [2.75, 3.05) is 46.1 Å². The Bertz CT molecular complexity index is 510. The molecule has 6 nitrogen and oxygen atoms in total. The molecule has 8 heteroatoms. The van der Waals surface area contributed by atoms with Gasteiger partial charge in [0.05, 0.1) is 13.2 Å². The van der Waals surface area contributed by atoms with Gasteiger partial charge in [0.2, 0.25) is 0 Å². The van der Waals surface area contributed by atoms with Crippen LogP contribution in [0.25, 0.3) is 0 Å². The maximum Gasteiger partial charge on any atom is 0.191 e. The zero-order valence-corrected chi connectivity index (χ0v) is 18.5. The first-order valence-corrected chi connectivity index (χ1v) is 9.44. The Morgan fingerprint density at radius 1 is 1.42 bits per heavy atom. The van der Waals surface area contributed by atoms with Crippen LogP contribution in [0, 0.1) is 5.92 Å². The van der Waals surface area contributed by atoms with Crippen molar-refractivity contribution in [1.29, 1.82) is 0 Å². The molecule has 2 rings (SSSR count). The van der Waals surface area contributed by atoms with Crippen LogP contribution in [0.2, 0.25) is 5.15 Å². The van der Waals surface area contributed by atoms with Crippen molar-refractivity contribution in [2.45, 2.75) is 26.2 Å². The molecular weight excluding hydrogens is 467 g/mol. The highest BCUT2D eigenvalue weighted by Crippen LogP contribution is 2.12. The minimum absolute atomic E-state index is 0. The number of aromatic nitrogens is 1. The average Bonchev–Trinajstić information content (AvgIpc) is 3.13. The van der Waals surface area contributed by atoms with Crippen molar-refractivity contribution >= 4 is 41.5 Å². The van der Waals surface area contributed by atoms with Crippen LogP contribution >= 0.6 is 35.6 Å². The molecule has 1 fully saturated rings. The maximum atomic E-state index is 5.80. The highest BCUT2D eigenvalue weighted by molar-refractivity contribution is 14.0. The molecule has 0 radical (unpaired) electrons. The first kappa shape index (κ1) is 23.4. The van der Waals surface area contributed by atoms with Crippen LogP contribution in [0.15, 0.2) is 23.3 Å². The Hall–Kier alpha value is -0.640. The third-order valence-corrected chi connectivity index (χ3v) is 4.16. The summed E-state index contributed by atoms with van der Waals surface area (Å²) in [5.41, 5.74) is 1.15. The third kappa shape index (κ3) is 9.89. The van der Waals surface area contributed by atoms with E-state index in [4.69, 9.17) is 21.1 Å². The molecule has 0 saturated carbocycles. The van der Waals surface area contributed by atoms with Crippen LogP contribution in [-0.4, -0.2) is 57.0 Å². The van der Waals surface area contributed by atoms with Gasteiger partial charge in [0.15, 0.2) is 5.96 Å². The molecule has 1 unspecified atom stereocenters. The summed E-state index contributed by atoms with van der Waals surface area (Å²) in [7, 11) is 0. The quantitative estimate of drug-likeness (QED) is 0.171. The van der Waals surface area contributed by atoms with Gasteiger partial charge in [-0.25, -0.2) is 4.98 Å². The van der Waals surface area contributed by atoms with Crippen LogP contribution in [-0.2, 0) is 15.9 Å². The monoisotopic (exact) mass is 496 g/mol. The van der Waals surface area contributed by atoms with Gasteiger partial charge in [0.25, 0.3) is 0 Å². The first-order chi connectivity index (χ1) is 12.3. The van der Waals surface area contributed by atoms with E-state index in [-0.39, 0.29) is 24.0 Å². The predicted octanol–water partition coefficient (Wildman–Crippen LogP) is 2.89. The minimum Gasteiger partial charge on any atom is -0.381 e. The fourth-order valence-electron chi connectivity index (χ4n) is 2.54. The van der Waals surface area contributed by atoms with Gasteiger partial charge in [0.1, 0.15) is 5.15 Å². The Morgan fingerprint density at radius 3 is 3.00 bits per heavy atom. The molecule has 2 N–H and O–H groups in total. The molecule has 1 atom stereocenters. The third-order valence-electron chi connectivity index (χ3n) is 3.93. The zero-order chi connectivity index (χ0) is 17.7. The lowest BCUT2D eigenvalue weighted by Crippen LogP contribution is -2.38. The van der Waals surface area contributed by atoms with Crippen LogP contribution < -0.4 is 10.6 Å². The molecule has 0 aromatic carbocycles. The van der Waals surface area contributed by atoms with Gasteiger partial charge in [-0.2, -0.15) is 0 Å². The van der Waals surface area contributed by atoms with Crippen molar-refractivity contribution in [2.24, 2.45) is 10.9 Å². The van der Waals surface area contributed by atoms with Gasteiger partial charge in [-0.15, -0.1) is 24.0 Å². The van der Waals surface area contributed by atoms with E-state index in [1.807, 2.05) is 12.1 Å². The SMILES string of the molecule is CCNC(=NCCCOCC1CCOC1)NCCc1ccc(Cl)nc1.I. The first-order valence-electron chi connectivity index (χ1n) is 9.06. The van der Waals surface area contributed by atoms with E-state index >= 15 is 0 Å². The number of guanidine groups is 1. The van der Waals surface area contributed by atoms with Crippen LogP contribution in [0.3, 0.4) is 0 Å². The molecule has 2 heterocycles. The Morgan fingerprint density at radius 2 is 2.31 bits per heavy atom. The molecule has 0 aliphatic carbocycles. The van der Waals surface area contributed by atoms with Crippen LogP contribution in [0.4, 0.5) is 0 Å². The van der Waals surface area contributed by atoms with Gasteiger partial charge in [-0.05, 0) is 37.8 Å².